The molecule has 3 aromatic carbocycles. The lowest BCUT2D eigenvalue weighted by molar-refractivity contribution is -0.114. The molecule has 0 unspecified atom stereocenters. The van der Waals surface area contributed by atoms with Gasteiger partial charge < -0.3 is 5.32 Å². The van der Waals surface area contributed by atoms with Gasteiger partial charge in [0.2, 0.25) is 5.91 Å². The highest BCUT2D eigenvalue weighted by molar-refractivity contribution is 7.92. The number of anilines is 2. The first-order valence-electron chi connectivity index (χ1n) is 8.56. The predicted octanol–water partition coefficient (Wildman–Crippen LogP) is 4.48. The minimum atomic E-state index is -3.93. The summed E-state index contributed by atoms with van der Waals surface area (Å²) in [6, 6.07) is 21.6. The number of nitrogens with zero attached hydrogens (tertiary/aromatic N) is 1. The van der Waals surface area contributed by atoms with Gasteiger partial charge in [-0.05, 0) is 61.0 Å². The third-order valence-electron chi connectivity index (χ3n) is 4.03. The van der Waals surface area contributed by atoms with E-state index in [9.17, 15) is 13.2 Å². The molecule has 0 fully saturated rings. The van der Waals surface area contributed by atoms with E-state index in [1.165, 1.54) is 12.1 Å². The minimum absolute atomic E-state index is 0.105. The van der Waals surface area contributed by atoms with Crippen molar-refractivity contribution in [2.24, 2.45) is 0 Å². The van der Waals surface area contributed by atoms with Crippen LogP contribution in [-0.4, -0.2) is 20.9 Å². The average Bonchev–Trinajstić information content (AvgIpc) is 2.67. The van der Waals surface area contributed by atoms with Gasteiger partial charge in [0.15, 0.2) is 0 Å². The number of rotatable bonds is 6. The van der Waals surface area contributed by atoms with Gasteiger partial charge in [-0.25, -0.2) is 8.42 Å². The molecule has 0 aromatic heterocycles. The number of amides is 1. The smallest absolute Gasteiger partial charge is 0.264 e. The zero-order valence-corrected chi connectivity index (χ0v) is 16.7. The molecule has 0 bridgehead atoms. The number of aryl methyl sites for hydroxylation is 1. The summed E-state index contributed by atoms with van der Waals surface area (Å²) in [7, 11) is -3.93. The van der Waals surface area contributed by atoms with Crippen LogP contribution in [0.2, 0.25) is 5.02 Å². The summed E-state index contributed by atoms with van der Waals surface area (Å²) in [6.07, 6.45) is 0. The number of nitrogens with one attached hydrogen (secondary N) is 1. The van der Waals surface area contributed by atoms with Gasteiger partial charge in [0.1, 0.15) is 6.54 Å². The quantitative estimate of drug-likeness (QED) is 0.646. The second-order valence-corrected chi connectivity index (χ2v) is 8.52. The fourth-order valence-corrected chi connectivity index (χ4v) is 4.26. The SMILES string of the molecule is Cc1cccc(NC(=O)CN(c2ccc(Cl)cc2)S(=O)(=O)c2ccccc2)c1. The molecule has 0 aliphatic heterocycles. The average molecular weight is 415 g/mol. The van der Waals surface area contributed by atoms with E-state index in [-0.39, 0.29) is 11.4 Å². The van der Waals surface area contributed by atoms with E-state index in [2.05, 4.69) is 5.32 Å². The lowest BCUT2D eigenvalue weighted by atomic mass is 10.2. The van der Waals surface area contributed by atoms with E-state index in [0.29, 0.717) is 16.4 Å². The molecule has 0 saturated carbocycles. The molecule has 28 heavy (non-hydrogen) atoms. The number of sulfonamides is 1. The first-order valence-corrected chi connectivity index (χ1v) is 10.4. The maximum Gasteiger partial charge on any atom is 0.264 e. The zero-order valence-electron chi connectivity index (χ0n) is 15.2. The van der Waals surface area contributed by atoms with Crippen molar-refractivity contribution < 1.29 is 13.2 Å². The van der Waals surface area contributed by atoms with Crippen LogP contribution < -0.4 is 9.62 Å². The molecule has 0 atom stereocenters. The second-order valence-electron chi connectivity index (χ2n) is 6.22. The van der Waals surface area contributed by atoms with Crippen LogP contribution in [0, 0.1) is 6.92 Å². The summed E-state index contributed by atoms with van der Waals surface area (Å²) in [6.45, 7) is 1.54. The van der Waals surface area contributed by atoms with Gasteiger partial charge in [-0.2, -0.15) is 0 Å². The highest BCUT2D eigenvalue weighted by Gasteiger charge is 2.27. The van der Waals surface area contributed by atoms with Crippen molar-refractivity contribution in [1.82, 2.24) is 0 Å². The van der Waals surface area contributed by atoms with Crippen molar-refractivity contribution in [3.05, 3.63) is 89.4 Å². The number of halogens is 1. The Labute approximate surface area is 169 Å². The maximum absolute atomic E-state index is 13.2. The summed E-state index contributed by atoms with van der Waals surface area (Å²) in [5.41, 5.74) is 1.95. The van der Waals surface area contributed by atoms with Crippen LogP contribution in [0.25, 0.3) is 0 Å². The molecule has 0 saturated heterocycles. The molecule has 1 N–H and O–H groups in total. The number of hydrogen-bond donors (Lipinski definition) is 1. The summed E-state index contributed by atoms with van der Waals surface area (Å²) in [4.78, 5) is 12.7. The molecule has 3 rings (SSSR count). The Bertz CT molecular complexity index is 1070. The van der Waals surface area contributed by atoms with Gasteiger partial charge in [-0.3, -0.25) is 9.10 Å². The number of benzene rings is 3. The maximum atomic E-state index is 13.2. The van der Waals surface area contributed by atoms with Crippen molar-refractivity contribution >= 4 is 38.9 Å². The Morgan fingerprint density at radius 3 is 2.29 bits per heavy atom. The van der Waals surface area contributed by atoms with E-state index in [4.69, 9.17) is 11.6 Å². The van der Waals surface area contributed by atoms with Crippen molar-refractivity contribution in [1.29, 1.82) is 0 Å². The van der Waals surface area contributed by atoms with Gasteiger partial charge in [0.05, 0.1) is 10.6 Å². The molecule has 0 radical (unpaired) electrons. The molecule has 144 valence electrons. The lowest BCUT2D eigenvalue weighted by Gasteiger charge is -2.24. The van der Waals surface area contributed by atoms with Gasteiger partial charge in [-0.15, -0.1) is 0 Å². The third kappa shape index (κ3) is 4.71. The highest BCUT2D eigenvalue weighted by Crippen LogP contribution is 2.25. The van der Waals surface area contributed by atoms with Gasteiger partial charge in [0.25, 0.3) is 10.0 Å². The van der Waals surface area contributed by atoms with Crippen LogP contribution in [0.3, 0.4) is 0 Å². The third-order valence-corrected chi connectivity index (χ3v) is 6.07. The largest absolute Gasteiger partial charge is 0.325 e. The van der Waals surface area contributed by atoms with Crippen molar-refractivity contribution in [2.75, 3.05) is 16.2 Å². The number of carbonyl (C=O) groups is 1. The van der Waals surface area contributed by atoms with E-state index in [1.807, 2.05) is 25.1 Å². The van der Waals surface area contributed by atoms with E-state index in [1.54, 1.807) is 48.5 Å². The van der Waals surface area contributed by atoms with Crippen LogP contribution in [-0.2, 0) is 14.8 Å². The molecule has 7 heteroatoms. The van der Waals surface area contributed by atoms with Gasteiger partial charge in [-0.1, -0.05) is 41.9 Å². The first-order chi connectivity index (χ1) is 13.4. The molecule has 1 amide bonds. The molecule has 0 aliphatic rings. The van der Waals surface area contributed by atoms with E-state index < -0.39 is 15.9 Å². The molecule has 0 spiro atoms. The summed E-state index contributed by atoms with van der Waals surface area (Å²) < 4.78 is 27.4. The Balaban J connectivity index is 1.92. The number of hydrogen-bond acceptors (Lipinski definition) is 3. The Hall–Kier alpha value is -2.83. The summed E-state index contributed by atoms with van der Waals surface area (Å²) in [5.74, 6) is -0.444. The fraction of sp³-hybridized carbons (Fsp3) is 0.0952. The predicted molar refractivity (Wildman–Crippen MR) is 112 cm³/mol. The molecule has 0 heterocycles. The minimum Gasteiger partial charge on any atom is -0.325 e. The van der Waals surface area contributed by atoms with Crippen molar-refractivity contribution in [3.8, 4) is 0 Å². The number of carbonyl (C=O) groups excluding carboxylic acids is 1. The topological polar surface area (TPSA) is 66.5 Å². The van der Waals surface area contributed by atoms with E-state index in [0.717, 1.165) is 9.87 Å². The summed E-state index contributed by atoms with van der Waals surface area (Å²) >= 11 is 5.93. The molecular weight excluding hydrogens is 396 g/mol. The van der Waals surface area contributed by atoms with Crippen LogP contribution in [0.15, 0.2) is 83.8 Å². The Kier molecular flexibility index (Phi) is 6.02. The monoisotopic (exact) mass is 414 g/mol. The Morgan fingerprint density at radius 1 is 0.964 bits per heavy atom. The fourth-order valence-electron chi connectivity index (χ4n) is 2.70. The van der Waals surface area contributed by atoms with Crippen molar-refractivity contribution in [2.45, 2.75) is 11.8 Å². The lowest BCUT2D eigenvalue weighted by Crippen LogP contribution is -2.38. The first kappa shape index (κ1) is 19.9. The Morgan fingerprint density at radius 2 is 1.64 bits per heavy atom. The van der Waals surface area contributed by atoms with Crippen LogP contribution in [0.1, 0.15) is 5.56 Å². The highest BCUT2D eigenvalue weighted by atomic mass is 35.5. The normalized spacial score (nSPS) is 11.1. The van der Waals surface area contributed by atoms with Crippen LogP contribution in [0.4, 0.5) is 11.4 Å². The van der Waals surface area contributed by atoms with Crippen LogP contribution in [0.5, 0.6) is 0 Å². The summed E-state index contributed by atoms with van der Waals surface area (Å²) in [5, 5.41) is 3.22. The molecule has 5 nitrogen and oxygen atoms in total. The zero-order chi connectivity index (χ0) is 20.1. The molecular formula is C21H19ClN2O3S. The van der Waals surface area contributed by atoms with Gasteiger partial charge >= 0.3 is 0 Å². The second kappa shape index (κ2) is 8.46. The molecule has 3 aromatic rings. The molecule has 0 aliphatic carbocycles. The van der Waals surface area contributed by atoms with Crippen LogP contribution >= 0.6 is 11.6 Å². The van der Waals surface area contributed by atoms with E-state index >= 15 is 0 Å². The standard InChI is InChI=1S/C21H19ClN2O3S/c1-16-6-5-7-18(14-16)23-21(25)15-24(19-12-10-17(22)11-13-19)28(26,27)20-8-3-2-4-9-20/h2-14H,15H2,1H3,(H,23,25). The van der Waals surface area contributed by atoms with Crippen molar-refractivity contribution in [3.63, 3.8) is 0 Å². The van der Waals surface area contributed by atoms with Gasteiger partial charge in [0, 0.05) is 10.7 Å².